The topological polar surface area (TPSA) is 63.4 Å². The van der Waals surface area contributed by atoms with Crippen LogP contribution < -0.4 is 5.73 Å². The maximum absolute atomic E-state index is 14.1. The van der Waals surface area contributed by atoms with Gasteiger partial charge in [0.25, 0.3) is 0 Å². The van der Waals surface area contributed by atoms with Crippen LogP contribution in [0.25, 0.3) is 0 Å². The monoisotopic (exact) mass is 320 g/mol. The average Bonchev–Trinajstić information content (AvgIpc) is 2.58. The van der Waals surface area contributed by atoms with E-state index in [2.05, 4.69) is 0 Å². The normalized spacial score (nSPS) is 21.6. The van der Waals surface area contributed by atoms with Crippen molar-refractivity contribution in [1.29, 1.82) is 0 Å². The Hall–Kier alpha value is -0.850. The highest BCUT2D eigenvalue weighted by molar-refractivity contribution is 7.89. The first kappa shape index (κ1) is 15.5. The molecule has 1 atom stereocenters. The number of benzene rings is 1. The molecule has 1 fully saturated rings. The van der Waals surface area contributed by atoms with Crippen LogP contribution in [0.5, 0.6) is 0 Å². The second-order valence-electron chi connectivity index (χ2n) is 5.13. The van der Waals surface area contributed by atoms with Gasteiger partial charge in [-0.25, -0.2) is 12.8 Å². The molecule has 0 aromatic heterocycles. The second-order valence-corrected chi connectivity index (χ2v) is 7.40. The zero-order chi connectivity index (χ0) is 14.9. The molecule has 0 saturated carbocycles. The first-order valence-electron chi connectivity index (χ1n) is 6.60. The summed E-state index contributed by atoms with van der Waals surface area (Å²) in [6.07, 6.45) is 3.52. The number of nitrogen functional groups attached to an aromatic ring is 1. The molecule has 0 bridgehead atoms. The van der Waals surface area contributed by atoms with E-state index in [9.17, 15) is 12.8 Å². The standard InChI is InChI=1S/C13H18ClFN2O2S/c1-9-5-3-2-4-6-17(9)20(18,19)12-8-10(16)7-11(14)13(12)15/h7-9H,2-6,16H2,1H3. The molecule has 20 heavy (non-hydrogen) atoms. The molecule has 112 valence electrons. The van der Waals surface area contributed by atoms with Crippen LogP contribution in [-0.2, 0) is 10.0 Å². The lowest BCUT2D eigenvalue weighted by Crippen LogP contribution is -2.38. The summed E-state index contributed by atoms with van der Waals surface area (Å²) in [5.74, 6) is -0.933. The molecule has 1 unspecified atom stereocenters. The molecule has 0 spiro atoms. The van der Waals surface area contributed by atoms with Gasteiger partial charge in [0, 0.05) is 18.3 Å². The quantitative estimate of drug-likeness (QED) is 0.852. The molecule has 4 nitrogen and oxygen atoms in total. The lowest BCUT2D eigenvalue weighted by molar-refractivity contribution is 0.340. The fourth-order valence-corrected chi connectivity index (χ4v) is 4.61. The zero-order valence-corrected chi connectivity index (χ0v) is 12.8. The molecular formula is C13H18ClFN2O2S. The van der Waals surface area contributed by atoms with Gasteiger partial charge in [0.05, 0.1) is 5.02 Å². The fourth-order valence-electron chi connectivity index (χ4n) is 2.50. The highest BCUT2D eigenvalue weighted by atomic mass is 35.5. The third-order valence-electron chi connectivity index (χ3n) is 3.60. The van der Waals surface area contributed by atoms with Crippen molar-refractivity contribution in [3.63, 3.8) is 0 Å². The molecule has 0 radical (unpaired) electrons. The summed E-state index contributed by atoms with van der Waals surface area (Å²) in [6.45, 7) is 2.24. The third kappa shape index (κ3) is 2.92. The molecule has 1 aromatic rings. The van der Waals surface area contributed by atoms with Crippen molar-refractivity contribution in [2.45, 2.75) is 43.5 Å². The summed E-state index contributed by atoms with van der Waals surface area (Å²) in [5, 5.41) is -0.272. The van der Waals surface area contributed by atoms with E-state index in [1.165, 1.54) is 10.4 Å². The van der Waals surface area contributed by atoms with E-state index < -0.39 is 20.7 Å². The van der Waals surface area contributed by atoms with Gasteiger partial charge < -0.3 is 5.73 Å². The predicted molar refractivity (Wildman–Crippen MR) is 77.6 cm³/mol. The van der Waals surface area contributed by atoms with Gasteiger partial charge in [-0.05, 0) is 31.9 Å². The van der Waals surface area contributed by atoms with Crippen molar-refractivity contribution < 1.29 is 12.8 Å². The van der Waals surface area contributed by atoms with Gasteiger partial charge in [0.1, 0.15) is 4.90 Å². The number of hydrogen-bond acceptors (Lipinski definition) is 3. The van der Waals surface area contributed by atoms with E-state index in [1.54, 1.807) is 0 Å². The Morgan fingerprint density at radius 2 is 2.05 bits per heavy atom. The molecule has 0 amide bonds. The molecule has 2 rings (SSSR count). The van der Waals surface area contributed by atoms with Crippen molar-refractivity contribution in [1.82, 2.24) is 4.31 Å². The average molecular weight is 321 g/mol. The lowest BCUT2D eigenvalue weighted by atomic mass is 10.1. The van der Waals surface area contributed by atoms with E-state index in [1.807, 2.05) is 6.92 Å². The summed E-state index contributed by atoms with van der Waals surface area (Å²) in [6, 6.07) is 2.19. The molecule has 0 aliphatic carbocycles. The van der Waals surface area contributed by atoms with Crippen LogP contribution in [-0.4, -0.2) is 25.3 Å². The Kier molecular flexibility index (Phi) is 4.56. The number of nitrogens with two attached hydrogens (primary N) is 1. The van der Waals surface area contributed by atoms with Crippen LogP contribution in [0, 0.1) is 5.82 Å². The lowest BCUT2D eigenvalue weighted by Gasteiger charge is -2.26. The number of sulfonamides is 1. The highest BCUT2D eigenvalue weighted by Gasteiger charge is 2.33. The molecule has 1 aliphatic heterocycles. The SMILES string of the molecule is CC1CCCCCN1S(=O)(=O)c1cc(N)cc(Cl)c1F. The van der Waals surface area contributed by atoms with Crippen LogP contribution in [0.4, 0.5) is 10.1 Å². The summed E-state index contributed by atoms with van der Waals surface area (Å²) in [7, 11) is -3.92. The Morgan fingerprint density at radius 1 is 1.35 bits per heavy atom. The Bertz CT molecular complexity index is 607. The minimum atomic E-state index is -3.92. The first-order valence-corrected chi connectivity index (χ1v) is 8.42. The number of nitrogens with zero attached hydrogens (tertiary/aromatic N) is 1. The van der Waals surface area contributed by atoms with Gasteiger partial charge >= 0.3 is 0 Å². The number of halogens is 2. The van der Waals surface area contributed by atoms with E-state index in [0.29, 0.717) is 6.54 Å². The number of rotatable bonds is 2. The van der Waals surface area contributed by atoms with Crippen molar-refractivity contribution in [2.75, 3.05) is 12.3 Å². The Balaban J connectivity index is 2.49. The van der Waals surface area contributed by atoms with E-state index in [0.717, 1.165) is 31.7 Å². The Labute approximate surface area is 123 Å². The van der Waals surface area contributed by atoms with E-state index >= 15 is 0 Å². The Morgan fingerprint density at radius 3 is 2.75 bits per heavy atom. The summed E-state index contributed by atoms with van der Waals surface area (Å²) < 4.78 is 40.7. The van der Waals surface area contributed by atoms with Gasteiger partial charge in [-0.1, -0.05) is 24.4 Å². The molecule has 1 aliphatic rings. The molecular weight excluding hydrogens is 303 g/mol. The molecule has 2 N–H and O–H groups in total. The zero-order valence-electron chi connectivity index (χ0n) is 11.3. The molecule has 1 aromatic carbocycles. The maximum Gasteiger partial charge on any atom is 0.246 e. The highest BCUT2D eigenvalue weighted by Crippen LogP contribution is 2.30. The number of anilines is 1. The largest absolute Gasteiger partial charge is 0.399 e. The van der Waals surface area contributed by atoms with Crippen molar-refractivity contribution in [2.24, 2.45) is 0 Å². The van der Waals surface area contributed by atoms with Crippen LogP contribution in [0.3, 0.4) is 0 Å². The predicted octanol–water partition coefficient (Wildman–Crippen LogP) is 3.01. The van der Waals surface area contributed by atoms with Crippen LogP contribution in [0.1, 0.15) is 32.6 Å². The molecule has 7 heteroatoms. The van der Waals surface area contributed by atoms with Gasteiger partial charge in [-0.3, -0.25) is 0 Å². The van der Waals surface area contributed by atoms with Crippen LogP contribution in [0.15, 0.2) is 17.0 Å². The van der Waals surface area contributed by atoms with Gasteiger partial charge in [-0.15, -0.1) is 0 Å². The van der Waals surface area contributed by atoms with Crippen molar-refractivity contribution in [3.8, 4) is 0 Å². The van der Waals surface area contributed by atoms with Crippen LogP contribution in [0.2, 0.25) is 5.02 Å². The van der Waals surface area contributed by atoms with Gasteiger partial charge in [0.15, 0.2) is 5.82 Å². The number of hydrogen-bond donors (Lipinski definition) is 1. The van der Waals surface area contributed by atoms with Crippen LogP contribution >= 0.6 is 11.6 Å². The minimum Gasteiger partial charge on any atom is -0.399 e. The smallest absolute Gasteiger partial charge is 0.246 e. The van der Waals surface area contributed by atoms with Gasteiger partial charge in [-0.2, -0.15) is 4.31 Å². The third-order valence-corrected chi connectivity index (χ3v) is 5.88. The fraction of sp³-hybridized carbons (Fsp3) is 0.538. The van der Waals surface area contributed by atoms with Gasteiger partial charge in [0.2, 0.25) is 10.0 Å². The summed E-state index contributed by atoms with van der Waals surface area (Å²) in [4.78, 5) is -0.434. The minimum absolute atomic E-state index is 0.137. The summed E-state index contributed by atoms with van der Waals surface area (Å²) >= 11 is 5.69. The van der Waals surface area contributed by atoms with E-state index in [-0.39, 0.29) is 16.8 Å². The molecule has 1 saturated heterocycles. The first-order chi connectivity index (χ1) is 9.34. The second kappa shape index (κ2) is 5.87. The van der Waals surface area contributed by atoms with Crippen molar-refractivity contribution in [3.05, 3.63) is 23.0 Å². The molecule has 1 heterocycles. The summed E-state index contributed by atoms with van der Waals surface area (Å²) in [5.41, 5.74) is 5.72. The van der Waals surface area contributed by atoms with E-state index in [4.69, 9.17) is 17.3 Å². The maximum atomic E-state index is 14.1. The van der Waals surface area contributed by atoms with Crippen molar-refractivity contribution >= 4 is 27.3 Å².